The first-order valence-corrected chi connectivity index (χ1v) is 11.9. The Hall–Kier alpha value is -3.75. The van der Waals surface area contributed by atoms with Crippen LogP contribution in [0.5, 0.6) is 0 Å². The van der Waals surface area contributed by atoms with E-state index < -0.39 is 0 Å². The zero-order valence-corrected chi connectivity index (χ0v) is 20.2. The highest BCUT2D eigenvalue weighted by atomic mass is 35.5. The van der Waals surface area contributed by atoms with Crippen molar-refractivity contribution in [1.29, 1.82) is 0 Å². The lowest BCUT2D eigenvalue weighted by Crippen LogP contribution is -2.23. The molecule has 4 heterocycles. The lowest BCUT2D eigenvalue weighted by Gasteiger charge is -2.07. The third kappa shape index (κ3) is 3.66. The largest absolute Gasteiger partial charge is 0.361 e. The highest BCUT2D eigenvalue weighted by Crippen LogP contribution is 2.29. The van der Waals surface area contributed by atoms with Crippen LogP contribution in [-0.2, 0) is 19.4 Å². The number of hydrogen-bond donors (Lipinski definition) is 1. The monoisotopic (exact) mass is 503 g/mol. The number of rotatable bonds is 5. The summed E-state index contributed by atoms with van der Waals surface area (Å²) in [7, 11) is 0. The van der Waals surface area contributed by atoms with E-state index in [0.717, 1.165) is 33.3 Å². The second kappa shape index (κ2) is 8.48. The number of aryl methyl sites for hydroxylation is 3. The van der Waals surface area contributed by atoms with Gasteiger partial charge in [0, 0.05) is 33.7 Å². The molecular weight excluding hydrogens is 485 g/mol. The Kier molecular flexibility index (Phi) is 5.27. The van der Waals surface area contributed by atoms with Crippen LogP contribution in [0.1, 0.15) is 18.2 Å². The molecule has 0 aliphatic heterocycles. The van der Waals surface area contributed by atoms with Gasteiger partial charge in [0.25, 0.3) is 5.56 Å². The number of aromatic amines is 1. The standard InChI is InChI=1S/C25H19Cl2N7O/c1-2-19-21(14-3-5-16(26)6-4-14)23-31-30-22-24(34(23)32-19)29-13-33(25(22)35)10-9-15-12-28-20-8-7-17(27)11-18(15)20/h3-8,11-13,28H,2,9-10H2,1H3. The van der Waals surface area contributed by atoms with Gasteiger partial charge in [0.05, 0.1) is 11.3 Å². The summed E-state index contributed by atoms with van der Waals surface area (Å²) in [6, 6.07) is 13.2. The fraction of sp³-hybridized carbons (Fsp3) is 0.160. The number of hydrogen-bond acceptors (Lipinski definition) is 5. The van der Waals surface area contributed by atoms with Crippen LogP contribution in [0.3, 0.4) is 0 Å². The quantitative estimate of drug-likeness (QED) is 0.353. The van der Waals surface area contributed by atoms with E-state index in [2.05, 4.69) is 20.2 Å². The van der Waals surface area contributed by atoms with Gasteiger partial charge in [0.2, 0.25) is 0 Å². The van der Waals surface area contributed by atoms with Crippen LogP contribution in [0.25, 0.3) is 38.8 Å². The van der Waals surface area contributed by atoms with Gasteiger partial charge in [-0.25, -0.2) is 4.98 Å². The highest BCUT2D eigenvalue weighted by molar-refractivity contribution is 6.31. The number of aromatic nitrogens is 7. The highest BCUT2D eigenvalue weighted by Gasteiger charge is 2.19. The topological polar surface area (TPSA) is 93.8 Å². The van der Waals surface area contributed by atoms with E-state index in [0.29, 0.717) is 40.7 Å². The molecule has 174 valence electrons. The molecule has 0 fully saturated rings. The molecule has 0 aliphatic rings. The summed E-state index contributed by atoms with van der Waals surface area (Å²) in [4.78, 5) is 21.1. The number of halogens is 2. The molecule has 0 amide bonds. The molecular formula is C25H19Cl2N7O. The zero-order chi connectivity index (χ0) is 24.1. The van der Waals surface area contributed by atoms with E-state index >= 15 is 0 Å². The number of fused-ring (bicyclic) bond motifs is 4. The number of nitrogens with one attached hydrogen (secondary N) is 1. The summed E-state index contributed by atoms with van der Waals surface area (Å²) >= 11 is 12.2. The smallest absolute Gasteiger partial charge is 0.283 e. The summed E-state index contributed by atoms with van der Waals surface area (Å²) in [6.45, 7) is 2.46. The summed E-state index contributed by atoms with van der Waals surface area (Å²) in [6.07, 6.45) is 4.81. The van der Waals surface area contributed by atoms with Crippen molar-refractivity contribution in [2.75, 3.05) is 0 Å². The lowest BCUT2D eigenvalue weighted by atomic mass is 10.0. The first-order valence-electron chi connectivity index (χ1n) is 11.2. The van der Waals surface area contributed by atoms with Gasteiger partial charge in [-0.05, 0) is 54.3 Å². The molecule has 0 saturated carbocycles. The molecule has 1 N–H and O–H groups in total. The Morgan fingerprint density at radius 3 is 2.60 bits per heavy atom. The normalized spacial score (nSPS) is 11.7. The van der Waals surface area contributed by atoms with Gasteiger partial charge in [-0.1, -0.05) is 42.3 Å². The number of H-pyrrole nitrogens is 1. The molecule has 0 bridgehead atoms. The van der Waals surface area contributed by atoms with Crippen molar-refractivity contribution in [3.63, 3.8) is 0 Å². The van der Waals surface area contributed by atoms with Crippen LogP contribution in [0.15, 0.2) is 59.8 Å². The molecule has 6 rings (SSSR count). The Morgan fingerprint density at radius 2 is 1.80 bits per heavy atom. The van der Waals surface area contributed by atoms with E-state index in [1.165, 1.54) is 0 Å². The second-order valence-electron chi connectivity index (χ2n) is 8.29. The van der Waals surface area contributed by atoms with Gasteiger partial charge in [0.15, 0.2) is 16.8 Å². The summed E-state index contributed by atoms with van der Waals surface area (Å²) in [5.74, 6) is 0. The van der Waals surface area contributed by atoms with E-state index in [4.69, 9.17) is 28.3 Å². The predicted octanol–water partition coefficient (Wildman–Crippen LogP) is 5.09. The van der Waals surface area contributed by atoms with Crippen molar-refractivity contribution in [3.8, 4) is 11.1 Å². The van der Waals surface area contributed by atoms with Gasteiger partial charge in [0.1, 0.15) is 6.33 Å². The third-order valence-corrected chi connectivity index (χ3v) is 6.68. The molecule has 10 heteroatoms. The maximum absolute atomic E-state index is 13.3. The maximum Gasteiger partial charge on any atom is 0.283 e. The maximum atomic E-state index is 13.3. The van der Waals surface area contributed by atoms with Crippen LogP contribution in [0.4, 0.5) is 0 Å². The Bertz CT molecular complexity index is 1780. The van der Waals surface area contributed by atoms with Crippen LogP contribution >= 0.6 is 23.2 Å². The summed E-state index contributed by atoms with van der Waals surface area (Å²) in [5.41, 5.74) is 5.57. The van der Waals surface area contributed by atoms with Gasteiger partial charge in [-0.3, -0.25) is 9.36 Å². The molecule has 35 heavy (non-hydrogen) atoms. The second-order valence-corrected chi connectivity index (χ2v) is 9.16. The van der Waals surface area contributed by atoms with Crippen molar-refractivity contribution in [2.45, 2.75) is 26.3 Å². The van der Waals surface area contributed by atoms with E-state index in [9.17, 15) is 4.79 Å². The molecule has 0 atom stereocenters. The average Bonchev–Trinajstić information content (AvgIpc) is 3.45. The van der Waals surface area contributed by atoms with Crippen molar-refractivity contribution < 1.29 is 0 Å². The molecule has 2 aromatic carbocycles. The average molecular weight is 504 g/mol. The van der Waals surface area contributed by atoms with Crippen LogP contribution < -0.4 is 5.56 Å². The van der Waals surface area contributed by atoms with E-state index in [1.807, 2.05) is 55.6 Å². The molecule has 4 aromatic heterocycles. The summed E-state index contributed by atoms with van der Waals surface area (Å²) < 4.78 is 3.16. The lowest BCUT2D eigenvalue weighted by molar-refractivity contribution is 0.659. The Morgan fingerprint density at radius 1 is 1.00 bits per heavy atom. The van der Waals surface area contributed by atoms with Crippen LogP contribution in [0, 0.1) is 0 Å². The minimum Gasteiger partial charge on any atom is -0.361 e. The van der Waals surface area contributed by atoms with Gasteiger partial charge < -0.3 is 4.98 Å². The Labute approximate surface area is 209 Å². The minimum absolute atomic E-state index is 0.176. The first-order chi connectivity index (χ1) is 17.0. The predicted molar refractivity (Wildman–Crippen MR) is 137 cm³/mol. The van der Waals surface area contributed by atoms with Crippen molar-refractivity contribution >= 4 is 50.9 Å². The van der Waals surface area contributed by atoms with Crippen molar-refractivity contribution in [3.05, 3.63) is 86.6 Å². The van der Waals surface area contributed by atoms with Gasteiger partial charge >= 0.3 is 0 Å². The molecule has 0 saturated heterocycles. The van der Waals surface area contributed by atoms with Gasteiger partial charge in [-0.15, -0.1) is 10.2 Å². The molecule has 0 aliphatic carbocycles. The van der Waals surface area contributed by atoms with E-state index in [1.54, 1.807) is 15.4 Å². The molecule has 0 spiro atoms. The van der Waals surface area contributed by atoms with E-state index in [-0.39, 0.29) is 11.1 Å². The molecule has 0 radical (unpaired) electrons. The fourth-order valence-corrected chi connectivity index (χ4v) is 4.72. The fourth-order valence-electron chi connectivity index (χ4n) is 4.42. The molecule has 8 nitrogen and oxygen atoms in total. The van der Waals surface area contributed by atoms with Crippen molar-refractivity contribution in [1.82, 2.24) is 34.3 Å². The Balaban J connectivity index is 1.41. The van der Waals surface area contributed by atoms with Gasteiger partial charge in [-0.2, -0.15) is 9.61 Å². The third-order valence-electron chi connectivity index (χ3n) is 6.19. The molecule has 6 aromatic rings. The van der Waals surface area contributed by atoms with Crippen LogP contribution in [-0.4, -0.2) is 34.3 Å². The van der Waals surface area contributed by atoms with Crippen molar-refractivity contribution in [2.24, 2.45) is 0 Å². The number of nitrogens with zero attached hydrogens (tertiary/aromatic N) is 6. The number of benzene rings is 2. The summed E-state index contributed by atoms with van der Waals surface area (Å²) in [5, 5.41) is 15.7. The minimum atomic E-state index is -0.260. The SMILES string of the molecule is CCc1nn2c(nnc3c(=O)n(CCc4c[nH]c5ccc(Cl)cc45)cnc32)c1-c1ccc(Cl)cc1. The van der Waals surface area contributed by atoms with Crippen LogP contribution in [0.2, 0.25) is 10.0 Å². The molecule has 0 unspecified atom stereocenters. The first kappa shape index (κ1) is 21.8. The zero-order valence-electron chi connectivity index (χ0n) is 18.7.